The molecule has 2 aliphatic rings. The Morgan fingerprint density at radius 3 is 2.50 bits per heavy atom. The number of pyridine rings is 1. The number of halogens is 2. The molecule has 7 nitrogen and oxygen atoms in total. The van der Waals surface area contributed by atoms with E-state index in [2.05, 4.69) is 33.2 Å². The normalized spacial score (nSPS) is 18.9. The number of nitrogens with two attached hydrogens (primary N) is 2. The molecule has 0 amide bonds. The fraction of sp³-hybridized carbons (Fsp3) is 0.370. The van der Waals surface area contributed by atoms with Crippen molar-refractivity contribution in [1.29, 1.82) is 0 Å². The molecule has 1 aromatic heterocycles. The largest absolute Gasteiger partial charge is 0.396 e. The first-order chi connectivity index (χ1) is 17.4. The number of hydrazine groups is 1. The SMILES string of the molecule is CN1CCN(C2CCN(c3cnc4ccc(/C(NN)=C(/N)c5cc(Cl)ccc5F)cc4c3)CC2)CC1. The molecular weight excluding hydrogens is 477 g/mol. The van der Waals surface area contributed by atoms with Gasteiger partial charge in [-0.15, -0.1) is 0 Å². The number of nitrogens with zero attached hydrogens (tertiary/aromatic N) is 4. The van der Waals surface area contributed by atoms with Gasteiger partial charge in [0.15, 0.2) is 0 Å². The van der Waals surface area contributed by atoms with Crippen LogP contribution in [0.4, 0.5) is 10.1 Å². The van der Waals surface area contributed by atoms with Crippen LogP contribution in [0.2, 0.25) is 5.02 Å². The smallest absolute Gasteiger partial charge is 0.132 e. The zero-order chi connectivity index (χ0) is 25.2. The Morgan fingerprint density at radius 2 is 1.78 bits per heavy atom. The Balaban J connectivity index is 1.37. The van der Waals surface area contributed by atoms with Crippen LogP contribution in [-0.2, 0) is 0 Å². The Hall–Kier alpha value is -2.91. The number of hydrogen-bond acceptors (Lipinski definition) is 7. The zero-order valence-electron chi connectivity index (χ0n) is 20.6. The minimum Gasteiger partial charge on any atom is -0.396 e. The van der Waals surface area contributed by atoms with E-state index in [9.17, 15) is 4.39 Å². The molecule has 0 spiro atoms. The molecule has 2 aliphatic heterocycles. The standard InChI is InChI=1S/C27H33ClFN7/c1-34-10-12-36(13-11-34)21-6-8-35(9-7-21)22-15-19-14-18(2-5-25(19)32-17-22)27(33-31)26(30)23-16-20(28)3-4-24(23)29/h2-5,14-17,21,33H,6-13,30-31H2,1H3/b27-26-. The van der Waals surface area contributed by atoms with Crippen LogP contribution in [-0.4, -0.2) is 67.1 Å². The fourth-order valence-electron chi connectivity index (χ4n) is 5.28. The van der Waals surface area contributed by atoms with E-state index in [1.807, 2.05) is 24.4 Å². The highest BCUT2D eigenvalue weighted by Gasteiger charge is 2.27. The van der Waals surface area contributed by atoms with Crippen LogP contribution >= 0.6 is 11.6 Å². The van der Waals surface area contributed by atoms with E-state index in [1.54, 1.807) is 0 Å². The van der Waals surface area contributed by atoms with Crippen molar-refractivity contribution in [3.05, 3.63) is 70.6 Å². The number of nitrogens with one attached hydrogen (secondary N) is 1. The fourth-order valence-corrected chi connectivity index (χ4v) is 5.45. The van der Waals surface area contributed by atoms with E-state index in [1.165, 1.54) is 18.2 Å². The van der Waals surface area contributed by atoms with Gasteiger partial charge in [-0.05, 0) is 56.3 Å². The summed E-state index contributed by atoms with van der Waals surface area (Å²) in [5.41, 5.74) is 12.5. The van der Waals surface area contributed by atoms with Gasteiger partial charge in [0.25, 0.3) is 0 Å². The molecule has 0 bridgehead atoms. The van der Waals surface area contributed by atoms with Crippen molar-refractivity contribution < 1.29 is 4.39 Å². The van der Waals surface area contributed by atoms with Gasteiger partial charge in [0.2, 0.25) is 0 Å². The molecule has 190 valence electrons. The van der Waals surface area contributed by atoms with Crippen molar-refractivity contribution in [3.63, 3.8) is 0 Å². The number of benzene rings is 2. The van der Waals surface area contributed by atoms with E-state index >= 15 is 0 Å². The lowest BCUT2D eigenvalue weighted by molar-refractivity contribution is 0.0982. The maximum atomic E-state index is 14.4. The minimum atomic E-state index is -0.464. The second kappa shape index (κ2) is 10.6. The van der Waals surface area contributed by atoms with Gasteiger partial charge in [0, 0.05) is 66.8 Å². The lowest BCUT2D eigenvalue weighted by atomic mass is 10.0. The molecule has 0 aliphatic carbocycles. The molecule has 3 aromatic rings. The molecule has 2 aromatic carbocycles. The summed E-state index contributed by atoms with van der Waals surface area (Å²) in [5.74, 6) is 5.37. The Bertz CT molecular complexity index is 1260. The summed E-state index contributed by atoms with van der Waals surface area (Å²) in [4.78, 5) is 12.2. The predicted molar refractivity (Wildman–Crippen MR) is 146 cm³/mol. The first kappa shape index (κ1) is 24.8. The molecule has 9 heteroatoms. The second-order valence-corrected chi connectivity index (χ2v) is 10.2. The average molecular weight is 510 g/mol. The van der Waals surface area contributed by atoms with Crippen molar-refractivity contribution in [3.8, 4) is 0 Å². The van der Waals surface area contributed by atoms with E-state index in [-0.39, 0.29) is 11.3 Å². The van der Waals surface area contributed by atoms with E-state index in [4.69, 9.17) is 28.2 Å². The lowest BCUT2D eigenvalue weighted by Gasteiger charge is -2.42. The predicted octanol–water partition coefficient (Wildman–Crippen LogP) is 3.49. The minimum absolute atomic E-state index is 0.187. The van der Waals surface area contributed by atoms with Crippen molar-refractivity contribution in [2.75, 3.05) is 51.2 Å². The number of piperidine rings is 1. The van der Waals surface area contributed by atoms with Crippen LogP contribution in [0.25, 0.3) is 22.3 Å². The van der Waals surface area contributed by atoms with Crippen LogP contribution in [0, 0.1) is 5.82 Å². The van der Waals surface area contributed by atoms with Crippen LogP contribution in [0.15, 0.2) is 48.7 Å². The van der Waals surface area contributed by atoms with Gasteiger partial charge in [-0.3, -0.25) is 15.7 Å². The van der Waals surface area contributed by atoms with E-state index in [0.29, 0.717) is 16.8 Å². The van der Waals surface area contributed by atoms with Crippen LogP contribution in [0.1, 0.15) is 24.0 Å². The Morgan fingerprint density at radius 1 is 1.03 bits per heavy atom. The molecule has 36 heavy (non-hydrogen) atoms. The van der Waals surface area contributed by atoms with E-state index < -0.39 is 5.82 Å². The third kappa shape index (κ3) is 5.13. The van der Waals surface area contributed by atoms with Crippen molar-refractivity contribution in [2.45, 2.75) is 18.9 Å². The first-order valence-corrected chi connectivity index (χ1v) is 12.8. The first-order valence-electron chi connectivity index (χ1n) is 12.4. The van der Waals surface area contributed by atoms with Crippen LogP contribution in [0.3, 0.4) is 0 Å². The van der Waals surface area contributed by atoms with Crippen molar-refractivity contribution in [2.24, 2.45) is 11.6 Å². The van der Waals surface area contributed by atoms with Gasteiger partial charge in [-0.2, -0.15) is 0 Å². The summed E-state index contributed by atoms with van der Waals surface area (Å²) < 4.78 is 14.4. The summed E-state index contributed by atoms with van der Waals surface area (Å²) in [6.45, 7) is 6.66. The number of aromatic nitrogens is 1. The summed E-state index contributed by atoms with van der Waals surface area (Å²) in [6.07, 6.45) is 4.27. The highest BCUT2D eigenvalue weighted by molar-refractivity contribution is 6.30. The number of likely N-dealkylation sites (N-methyl/N-ethyl adjacent to an activating group) is 1. The highest BCUT2D eigenvalue weighted by atomic mass is 35.5. The van der Waals surface area contributed by atoms with Crippen LogP contribution in [0.5, 0.6) is 0 Å². The third-order valence-corrected chi connectivity index (χ3v) is 7.71. The topological polar surface area (TPSA) is 86.7 Å². The third-order valence-electron chi connectivity index (χ3n) is 7.47. The monoisotopic (exact) mass is 509 g/mol. The molecule has 0 saturated carbocycles. The average Bonchev–Trinajstić information content (AvgIpc) is 2.90. The maximum absolute atomic E-state index is 14.4. The molecule has 5 N–H and O–H groups in total. The van der Waals surface area contributed by atoms with Crippen LogP contribution < -0.4 is 21.9 Å². The molecule has 0 unspecified atom stereocenters. The van der Waals surface area contributed by atoms with Gasteiger partial charge in [0.05, 0.1) is 28.8 Å². The number of fused-ring (bicyclic) bond motifs is 1. The summed E-state index contributed by atoms with van der Waals surface area (Å²) in [6, 6.07) is 12.9. The summed E-state index contributed by atoms with van der Waals surface area (Å²) >= 11 is 6.07. The second-order valence-electron chi connectivity index (χ2n) is 9.72. The number of hydrogen-bond donors (Lipinski definition) is 3. The Kier molecular flexibility index (Phi) is 7.29. The maximum Gasteiger partial charge on any atom is 0.132 e. The van der Waals surface area contributed by atoms with Gasteiger partial charge in [-0.1, -0.05) is 17.7 Å². The van der Waals surface area contributed by atoms with Gasteiger partial charge in [0.1, 0.15) is 5.82 Å². The number of rotatable bonds is 5. The molecule has 5 rings (SSSR count). The molecule has 2 saturated heterocycles. The number of piperazine rings is 1. The van der Waals surface area contributed by atoms with Gasteiger partial charge >= 0.3 is 0 Å². The molecule has 3 heterocycles. The van der Waals surface area contributed by atoms with E-state index in [0.717, 1.165) is 74.3 Å². The lowest BCUT2D eigenvalue weighted by Crippen LogP contribution is -2.52. The molecule has 2 fully saturated rings. The molecule has 0 atom stereocenters. The molecule has 0 radical (unpaired) electrons. The van der Waals surface area contributed by atoms with Gasteiger partial charge < -0.3 is 21.0 Å². The van der Waals surface area contributed by atoms with Gasteiger partial charge in [-0.25, -0.2) is 4.39 Å². The number of anilines is 1. The summed E-state index contributed by atoms with van der Waals surface area (Å²) in [7, 11) is 2.20. The van der Waals surface area contributed by atoms with Crippen molar-refractivity contribution in [1.82, 2.24) is 20.2 Å². The highest BCUT2D eigenvalue weighted by Crippen LogP contribution is 2.29. The summed E-state index contributed by atoms with van der Waals surface area (Å²) in [5, 5.41) is 1.37. The Labute approximate surface area is 216 Å². The van der Waals surface area contributed by atoms with Crippen molar-refractivity contribution >= 4 is 39.6 Å². The molecular formula is C27H33ClFN7. The zero-order valence-corrected chi connectivity index (χ0v) is 21.3. The quantitative estimate of drug-likeness (QED) is 0.276.